The molecule has 2 rings (SSSR count). The van der Waals surface area contributed by atoms with Gasteiger partial charge in [0.05, 0.1) is 11.6 Å². The number of alkyl halides is 3. The summed E-state index contributed by atoms with van der Waals surface area (Å²) in [5.41, 5.74) is 1.36. The van der Waals surface area contributed by atoms with E-state index in [9.17, 15) is 22.8 Å². The van der Waals surface area contributed by atoms with Crippen LogP contribution in [0.5, 0.6) is 5.75 Å². The second-order valence-corrected chi connectivity index (χ2v) is 5.30. The number of carbonyl (C=O) groups is 2. The van der Waals surface area contributed by atoms with Crippen molar-refractivity contribution in [1.82, 2.24) is 0 Å². The molecule has 0 unspecified atom stereocenters. The Hall–Kier alpha value is -3.80. The summed E-state index contributed by atoms with van der Waals surface area (Å²) in [6.45, 7) is -0.572. The summed E-state index contributed by atoms with van der Waals surface area (Å²) in [5, 5.41) is 11.1. The highest BCUT2D eigenvalue weighted by atomic mass is 19.4. The molecule has 0 bridgehead atoms. The summed E-state index contributed by atoms with van der Waals surface area (Å²) < 4.78 is 44.7. The number of nitriles is 1. The maximum Gasteiger partial charge on any atom is 0.573 e. The smallest absolute Gasteiger partial charge is 0.452 e. The molecule has 28 heavy (non-hydrogen) atoms. The van der Waals surface area contributed by atoms with Gasteiger partial charge in [-0.25, -0.2) is 4.79 Å². The number of rotatable bonds is 6. The molecule has 0 aliphatic rings. The molecule has 0 aliphatic carbocycles. The van der Waals surface area contributed by atoms with Crippen molar-refractivity contribution in [3.63, 3.8) is 0 Å². The minimum Gasteiger partial charge on any atom is -0.452 e. The number of esters is 1. The first-order valence-electron chi connectivity index (χ1n) is 7.76. The number of ether oxygens (including phenoxy) is 2. The van der Waals surface area contributed by atoms with Crippen molar-refractivity contribution in [2.75, 3.05) is 11.9 Å². The van der Waals surface area contributed by atoms with Gasteiger partial charge in [-0.05, 0) is 48.0 Å². The van der Waals surface area contributed by atoms with Crippen LogP contribution in [0.3, 0.4) is 0 Å². The van der Waals surface area contributed by atoms with Crippen LogP contribution in [0, 0.1) is 11.3 Å². The second-order valence-electron chi connectivity index (χ2n) is 5.30. The third-order valence-corrected chi connectivity index (χ3v) is 3.17. The molecule has 2 aromatic rings. The van der Waals surface area contributed by atoms with Crippen LogP contribution in [0.1, 0.15) is 11.1 Å². The normalized spacial score (nSPS) is 10.9. The third-order valence-electron chi connectivity index (χ3n) is 3.17. The zero-order valence-electron chi connectivity index (χ0n) is 14.2. The minimum absolute atomic E-state index is 0.212. The second kappa shape index (κ2) is 9.23. The molecule has 1 amide bonds. The molecule has 0 heterocycles. The van der Waals surface area contributed by atoms with E-state index < -0.39 is 30.6 Å². The molecule has 0 fully saturated rings. The van der Waals surface area contributed by atoms with Crippen molar-refractivity contribution >= 4 is 23.6 Å². The van der Waals surface area contributed by atoms with Crippen molar-refractivity contribution < 1.29 is 32.2 Å². The van der Waals surface area contributed by atoms with Gasteiger partial charge in [0.1, 0.15) is 5.75 Å². The summed E-state index contributed by atoms with van der Waals surface area (Å²) in [6.07, 6.45) is -2.22. The first-order valence-corrected chi connectivity index (χ1v) is 7.76. The Morgan fingerprint density at radius 3 is 2.29 bits per heavy atom. The maximum absolute atomic E-state index is 12.1. The highest BCUT2D eigenvalue weighted by Gasteiger charge is 2.30. The number of anilines is 1. The number of carbonyl (C=O) groups excluding carboxylic acids is 2. The SMILES string of the molecule is N#Cc1ccc(/C=C/C(=O)OCC(=O)Nc2ccc(OC(F)(F)F)cc2)cc1. The monoisotopic (exact) mass is 390 g/mol. The number of hydrogen-bond donors (Lipinski definition) is 1. The van der Waals surface area contributed by atoms with Crippen LogP contribution in [0.2, 0.25) is 0 Å². The summed E-state index contributed by atoms with van der Waals surface area (Å²) in [5.74, 6) is -1.84. The molecule has 0 atom stereocenters. The van der Waals surface area contributed by atoms with E-state index >= 15 is 0 Å². The van der Waals surface area contributed by atoms with E-state index in [2.05, 4.69) is 10.1 Å². The maximum atomic E-state index is 12.1. The van der Waals surface area contributed by atoms with Crippen LogP contribution in [0.4, 0.5) is 18.9 Å². The van der Waals surface area contributed by atoms with Gasteiger partial charge in [-0.3, -0.25) is 4.79 Å². The molecule has 144 valence electrons. The number of nitrogens with zero attached hydrogens (tertiary/aromatic N) is 1. The van der Waals surface area contributed by atoms with Gasteiger partial charge >= 0.3 is 12.3 Å². The van der Waals surface area contributed by atoms with Crippen molar-refractivity contribution in [2.45, 2.75) is 6.36 Å². The summed E-state index contributed by atoms with van der Waals surface area (Å²) >= 11 is 0. The number of benzene rings is 2. The number of nitrogens with one attached hydrogen (secondary N) is 1. The van der Waals surface area contributed by atoms with Crippen LogP contribution in [0.15, 0.2) is 54.6 Å². The number of hydrogen-bond acceptors (Lipinski definition) is 5. The fourth-order valence-corrected chi connectivity index (χ4v) is 1.95. The fourth-order valence-electron chi connectivity index (χ4n) is 1.95. The Bertz CT molecular complexity index is 899. The van der Waals surface area contributed by atoms with Crippen LogP contribution < -0.4 is 10.1 Å². The predicted octanol–water partition coefficient (Wildman–Crippen LogP) is 3.65. The van der Waals surface area contributed by atoms with Crippen LogP contribution in [-0.4, -0.2) is 24.8 Å². The molecule has 2 aromatic carbocycles. The third kappa shape index (κ3) is 7.21. The van der Waals surface area contributed by atoms with Crippen molar-refractivity contribution in [3.05, 3.63) is 65.7 Å². The van der Waals surface area contributed by atoms with Crippen molar-refractivity contribution in [3.8, 4) is 11.8 Å². The quantitative estimate of drug-likeness (QED) is 0.601. The lowest BCUT2D eigenvalue weighted by molar-refractivity contribution is -0.274. The lowest BCUT2D eigenvalue weighted by atomic mass is 10.1. The van der Waals surface area contributed by atoms with Gasteiger partial charge in [-0.2, -0.15) is 5.26 Å². The molecule has 0 saturated heterocycles. The molecule has 0 saturated carbocycles. The predicted molar refractivity (Wildman–Crippen MR) is 92.9 cm³/mol. The Morgan fingerprint density at radius 2 is 1.71 bits per heavy atom. The molecular weight excluding hydrogens is 377 g/mol. The van der Waals surface area contributed by atoms with E-state index in [0.717, 1.165) is 18.2 Å². The highest BCUT2D eigenvalue weighted by molar-refractivity contribution is 5.94. The zero-order chi connectivity index (χ0) is 20.6. The molecule has 0 spiro atoms. The van der Waals surface area contributed by atoms with E-state index in [-0.39, 0.29) is 5.69 Å². The van der Waals surface area contributed by atoms with Crippen molar-refractivity contribution in [2.24, 2.45) is 0 Å². The fraction of sp³-hybridized carbons (Fsp3) is 0.105. The first-order chi connectivity index (χ1) is 13.2. The van der Waals surface area contributed by atoms with Gasteiger partial charge in [0.25, 0.3) is 5.91 Å². The molecular formula is C19H13F3N2O4. The van der Waals surface area contributed by atoms with Crippen molar-refractivity contribution in [1.29, 1.82) is 5.26 Å². The summed E-state index contributed by atoms with van der Waals surface area (Å²) in [7, 11) is 0. The van der Waals surface area contributed by atoms with Gasteiger partial charge < -0.3 is 14.8 Å². The topological polar surface area (TPSA) is 88.4 Å². The van der Waals surface area contributed by atoms with E-state index in [1.54, 1.807) is 24.3 Å². The highest BCUT2D eigenvalue weighted by Crippen LogP contribution is 2.23. The Kier molecular flexibility index (Phi) is 6.76. The van der Waals surface area contributed by atoms with E-state index in [1.165, 1.54) is 18.2 Å². The molecule has 9 heteroatoms. The lowest BCUT2D eigenvalue weighted by Gasteiger charge is -2.10. The van der Waals surface area contributed by atoms with Crippen LogP contribution in [0.25, 0.3) is 6.08 Å². The first kappa shape index (κ1) is 20.5. The van der Waals surface area contributed by atoms with Gasteiger partial charge in [0.2, 0.25) is 0 Å². The average Bonchev–Trinajstić information content (AvgIpc) is 2.65. The largest absolute Gasteiger partial charge is 0.573 e. The molecule has 0 aliphatic heterocycles. The van der Waals surface area contributed by atoms with E-state index in [0.29, 0.717) is 11.1 Å². The average molecular weight is 390 g/mol. The Morgan fingerprint density at radius 1 is 1.07 bits per heavy atom. The number of amides is 1. The van der Waals surface area contributed by atoms with E-state index in [4.69, 9.17) is 10.00 Å². The molecule has 0 aromatic heterocycles. The van der Waals surface area contributed by atoms with Crippen LogP contribution >= 0.6 is 0 Å². The number of halogens is 3. The van der Waals surface area contributed by atoms with E-state index in [1.807, 2.05) is 6.07 Å². The standard InChI is InChI=1S/C19H13F3N2O4/c20-19(21,22)28-16-8-6-15(7-9-16)24-17(25)12-27-18(26)10-5-13-1-3-14(11-23)4-2-13/h1-10H,12H2,(H,24,25)/b10-5+. The van der Waals surface area contributed by atoms with Gasteiger partial charge in [0.15, 0.2) is 6.61 Å². The zero-order valence-corrected chi connectivity index (χ0v) is 14.2. The van der Waals surface area contributed by atoms with Gasteiger partial charge in [-0.15, -0.1) is 13.2 Å². The van der Waals surface area contributed by atoms with Crippen LogP contribution in [-0.2, 0) is 14.3 Å². The minimum atomic E-state index is -4.80. The van der Waals surface area contributed by atoms with Gasteiger partial charge in [0, 0.05) is 11.8 Å². The molecule has 0 radical (unpaired) electrons. The Balaban J connectivity index is 1.79. The lowest BCUT2D eigenvalue weighted by Crippen LogP contribution is -2.20. The summed E-state index contributed by atoms with van der Waals surface area (Å²) in [4.78, 5) is 23.3. The molecule has 6 nitrogen and oxygen atoms in total. The molecule has 1 N–H and O–H groups in total. The Labute approximate surface area is 157 Å². The van der Waals surface area contributed by atoms with Gasteiger partial charge in [-0.1, -0.05) is 12.1 Å². The summed E-state index contributed by atoms with van der Waals surface area (Å²) in [6, 6.07) is 12.9.